The average Bonchev–Trinajstić information content (AvgIpc) is 2.41. The van der Waals surface area contributed by atoms with Crippen molar-refractivity contribution in [3.63, 3.8) is 0 Å². The van der Waals surface area contributed by atoms with E-state index in [0.717, 1.165) is 14.7 Å². The highest BCUT2D eigenvalue weighted by Crippen LogP contribution is 2.07. The van der Waals surface area contributed by atoms with Crippen LogP contribution < -0.4 is 5.43 Å². The summed E-state index contributed by atoms with van der Waals surface area (Å²) in [6, 6.07) is 15.2. The van der Waals surface area contributed by atoms with E-state index >= 15 is 0 Å². The van der Waals surface area contributed by atoms with Gasteiger partial charge in [-0.2, -0.15) is 5.10 Å². The van der Waals surface area contributed by atoms with E-state index < -0.39 is 0 Å². The van der Waals surface area contributed by atoms with Gasteiger partial charge in [-0.05, 0) is 58.8 Å². The molecule has 0 aliphatic heterocycles. The molecular formula is C15H13IN2O. The van der Waals surface area contributed by atoms with Gasteiger partial charge in [0.2, 0.25) is 0 Å². The fourth-order valence-electron chi connectivity index (χ4n) is 1.59. The molecule has 0 bridgehead atoms. The van der Waals surface area contributed by atoms with Crippen molar-refractivity contribution in [1.29, 1.82) is 0 Å². The number of hydrazone groups is 1. The molecule has 1 N–H and O–H groups in total. The Bertz CT molecular complexity index is 623. The lowest BCUT2D eigenvalue weighted by atomic mass is 10.1. The van der Waals surface area contributed by atoms with Crippen molar-refractivity contribution in [3.05, 3.63) is 68.8 Å². The number of rotatable bonds is 3. The standard InChI is InChI=1S/C15H13IN2O/c1-11-5-2-3-6-13(11)10-17-18-15(19)12-7-4-8-14(16)9-12/h2-10H,1H3,(H,18,19)/b17-10+. The second kappa shape index (κ2) is 6.47. The van der Waals surface area contributed by atoms with E-state index in [4.69, 9.17) is 0 Å². The minimum absolute atomic E-state index is 0.205. The Morgan fingerprint density at radius 3 is 2.74 bits per heavy atom. The Morgan fingerprint density at radius 2 is 2.00 bits per heavy atom. The SMILES string of the molecule is Cc1ccccc1/C=N/NC(=O)c1cccc(I)c1. The average molecular weight is 364 g/mol. The van der Waals surface area contributed by atoms with Gasteiger partial charge in [0.25, 0.3) is 5.91 Å². The van der Waals surface area contributed by atoms with E-state index in [1.807, 2.05) is 49.4 Å². The molecule has 96 valence electrons. The normalized spacial score (nSPS) is 10.6. The first-order valence-electron chi connectivity index (χ1n) is 5.81. The summed E-state index contributed by atoms with van der Waals surface area (Å²) in [7, 11) is 0. The Kier molecular flexibility index (Phi) is 4.68. The van der Waals surface area contributed by atoms with Crippen LogP contribution in [0, 0.1) is 10.5 Å². The smallest absolute Gasteiger partial charge is 0.267 e. The number of carbonyl (C=O) groups excluding carboxylic acids is 1. The third kappa shape index (κ3) is 3.89. The van der Waals surface area contributed by atoms with Crippen LogP contribution in [0.5, 0.6) is 0 Å². The van der Waals surface area contributed by atoms with Crippen molar-refractivity contribution >= 4 is 34.7 Å². The molecule has 2 rings (SSSR count). The number of benzene rings is 2. The quantitative estimate of drug-likeness (QED) is 0.507. The lowest BCUT2D eigenvalue weighted by molar-refractivity contribution is 0.0955. The van der Waals surface area contributed by atoms with Crippen LogP contribution in [-0.2, 0) is 0 Å². The van der Waals surface area contributed by atoms with Gasteiger partial charge in [0.1, 0.15) is 0 Å². The van der Waals surface area contributed by atoms with Gasteiger partial charge in [-0.3, -0.25) is 4.79 Å². The first kappa shape index (κ1) is 13.7. The summed E-state index contributed by atoms with van der Waals surface area (Å²) in [5, 5.41) is 3.98. The molecule has 19 heavy (non-hydrogen) atoms. The fourth-order valence-corrected chi connectivity index (χ4v) is 2.13. The molecule has 2 aromatic carbocycles. The number of halogens is 1. The number of amides is 1. The molecule has 0 heterocycles. The van der Waals surface area contributed by atoms with Crippen LogP contribution in [0.15, 0.2) is 53.6 Å². The highest BCUT2D eigenvalue weighted by atomic mass is 127. The monoisotopic (exact) mass is 364 g/mol. The van der Waals surface area contributed by atoms with Crippen LogP contribution in [-0.4, -0.2) is 12.1 Å². The summed E-state index contributed by atoms with van der Waals surface area (Å²) < 4.78 is 1.02. The maximum absolute atomic E-state index is 11.8. The molecule has 0 unspecified atom stereocenters. The Balaban J connectivity index is 2.03. The van der Waals surface area contributed by atoms with Gasteiger partial charge in [0, 0.05) is 9.13 Å². The lowest BCUT2D eigenvalue weighted by Gasteiger charge is -2.01. The molecule has 0 atom stereocenters. The van der Waals surface area contributed by atoms with Crippen LogP contribution in [0.2, 0.25) is 0 Å². The molecule has 4 heteroatoms. The second-order valence-electron chi connectivity index (χ2n) is 4.07. The predicted octanol–water partition coefficient (Wildman–Crippen LogP) is 3.36. The molecule has 0 saturated heterocycles. The maximum Gasteiger partial charge on any atom is 0.271 e. The zero-order valence-corrected chi connectivity index (χ0v) is 12.6. The van der Waals surface area contributed by atoms with Crippen molar-refractivity contribution in [1.82, 2.24) is 5.43 Å². The zero-order chi connectivity index (χ0) is 13.7. The summed E-state index contributed by atoms with van der Waals surface area (Å²) in [6.45, 7) is 2.00. The van der Waals surface area contributed by atoms with E-state index in [1.54, 1.807) is 12.3 Å². The first-order chi connectivity index (χ1) is 9.16. The van der Waals surface area contributed by atoms with Crippen LogP contribution in [0.1, 0.15) is 21.5 Å². The van der Waals surface area contributed by atoms with Crippen molar-refractivity contribution in [3.8, 4) is 0 Å². The largest absolute Gasteiger partial charge is 0.271 e. The first-order valence-corrected chi connectivity index (χ1v) is 6.89. The van der Waals surface area contributed by atoms with Gasteiger partial charge < -0.3 is 0 Å². The highest BCUT2D eigenvalue weighted by Gasteiger charge is 2.03. The van der Waals surface area contributed by atoms with E-state index in [0.29, 0.717) is 5.56 Å². The molecule has 2 aromatic rings. The van der Waals surface area contributed by atoms with Gasteiger partial charge >= 0.3 is 0 Å². The highest BCUT2D eigenvalue weighted by molar-refractivity contribution is 14.1. The second-order valence-corrected chi connectivity index (χ2v) is 5.31. The molecule has 0 spiro atoms. The Morgan fingerprint density at radius 1 is 1.21 bits per heavy atom. The van der Waals surface area contributed by atoms with Crippen LogP contribution >= 0.6 is 22.6 Å². The van der Waals surface area contributed by atoms with E-state index in [2.05, 4.69) is 33.1 Å². The van der Waals surface area contributed by atoms with Crippen molar-refractivity contribution in [2.24, 2.45) is 5.10 Å². The zero-order valence-electron chi connectivity index (χ0n) is 10.4. The van der Waals surface area contributed by atoms with Crippen molar-refractivity contribution in [2.75, 3.05) is 0 Å². The van der Waals surface area contributed by atoms with E-state index in [-0.39, 0.29) is 5.91 Å². The summed E-state index contributed by atoms with van der Waals surface area (Å²) in [4.78, 5) is 11.8. The minimum atomic E-state index is -0.205. The van der Waals surface area contributed by atoms with Crippen molar-refractivity contribution in [2.45, 2.75) is 6.92 Å². The Labute approximate surface area is 125 Å². The summed E-state index contributed by atoms with van der Waals surface area (Å²) in [6.07, 6.45) is 1.65. The number of hydrogen-bond donors (Lipinski definition) is 1. The third-order valence-corrected chi connectivity index (χ3v) is 3.32. The third-order valence-electron chi connectivity index (χ3n) is 2.64. The number of nitrogens with one attached hydrogen (secondary N) is 1. The van der Waals surface area contributed by atoms with Gasteiger partial charge in [-0.15, -0.1) is 0 Å². The molecule has 0 aliphatic carbocycles. The molecule has 0 aromatic heterocycles. The predicted molar refractivity (Wildman–Crippen MR) is 85.4 cm³/mol. The van der Waals surface area contributed by atoms with Crippen LogP contribution in [0.4, 0.5) is 0 Å². The lowest BCUT2D eigenvalue weighted by Crippen LogP contribution is -2.17. The number of hydrogen-bond acceptors (Lipinski definition) is 2. The van der Waals surface area contributed by atoms with Crippen LogP contribution in [0.3, 0.4) is 0 Å². The summed E-state index contributed by atoms with van der Waals surface area (Å²) in [5.74, 6) is -0.205. The van der Waals surface area contributed by atoms with Gasteiger partial charge in [0.05, 0.1) is 6.21 Å². The maximum atomic E-state index is 11.8. The molecular weight excluding hydrogens is 351 g/mol. The molecule has 0 fully saturated rings. The van der Waals surface area contributed by atoms with E-state index in [1.165, 1.54) is 0 Å². The number of carbonyl (C=O) groups is 1. The molecule has 1 amide bonds. The molecule has 0 saturated carbocycles. The van der Waals surface area contributed by atoms with Crippen molar-refractivity contribution < 1.29 is 4.79 Å². The number of nitrogens with zero attached hydrogens (tertiary/aromatic N) is 1. The molecule has 0 radical (unpaired) electrons. The molecule has 3 nitrogen and oxygen atoms in total. The van der Waals surface area contributed by atoms with Gasteiger partial charge in [-0.1, -0.05) is 30.3 Å². The van der Waals surface area contributed by atoms with Gasteiger partial charge in [-0.25, -0.2) is 5.43 Å². The Hall–Kier alpha value is -1.69. The van der Waals surface area contributed by atoms with Gasteiger partial charge in [0.15, 0.2) is 0 Å². The summed E-state index contributed by atoms with van der Waals surface area (Å²) >= 11 is 2.17. The fraction of sp³-hybridized carbons (Fsp3) is 0.0667. The molecule has 0 aliphatic rings. The number of aryl methyl sites for hydroxylation is 1. The topological polar surface area (TPSA) is 41.5 Å². The van der Waals surface area contributed by atoms with Crippen LogP contribution in [0.25, 0.3) is 0 Å². The minimum Gasteiger partial charge on any atom is -0.267 e. The van der Waals surface area contributed by atoms with E-state index in [9.17, 15) is 4.79 Å². The summed E-state index contributed by atoms with van der Waals surface area (Å²) in [5.41, 5.74) is 5.25.